The molecule has 0 spiro atoms. The summed E-state index contributed by atoms with van der Waals surface area (Å²) in [7, 11) is 0. The zero-order valence-corrected chi connectivity index (χ0v) is 21.8. The predicted octanol–water partition coefficient (Wildman–Crippen LogP) is 4.27. The number of unbranched alkanes of at least 4 members (excludes halogenated alkanes) is 13. The largest absolute Gasteiger partial charge is 1.00 e. The monoisotopic (exact) mass is 476 g/mol. The minimum atomic E-state index is 0. The van der Waals surface area contributed by atoms with Crippen molar-refractivity contribution in [2.75, 3.05) is 32.1 Å². The van der Waals surface area contributed by atoms with Crippen LogP contribution in [0.4, 0.5) is 0 Å². The lowest BCUT2D eigenvalue weighted by atomic mass is 10.0. The Kier molecular flexibility index (Phi) is 21.7. The molecule has 0 aromatic rings. The zero-order valence-electron chi connectivity index (χ0n) is 20.3. The zero-order chi connectivity index (χ0) is 21.8. The Hall–Kier alpha value is -0.0900. The number of halogens is 2. The van der Waals surface area contributed by atoms with Crippen molar-refractivity contribution in [3.63, 3.8) is 0 Å². The number of hydrogen-bond donors (Lipinski definition) is 1. The Morgan fingerprint density at radius 2 is 1.55 bits per heavy atom. The number of nitrogens with zero attached hydrogens (tertiary/aromatic N) is 2. The van der Waals surface area contributed by atoms with Crippen molar-refractivity contribution in [3.05, 3.63) is 12.2 Å². The van der Waals surface area contributed by atoms with Crippen LogP contribution in [0.15, 0.2) is 17.1 Å². The third-order valence-electron chi connectivity index (χ3n) is 6.58. The molecule has 0 aromatic carbocycles. The van der Waals surface area contributed by atoms with Gasteiger partial charge in [-0.1, -0.05) is 83.6 Å². The van der Waals surface area contributed by atoms with Crippen LogP contribution in [0, 0.1) is 0 Å². The first-order valence-electron chi connectivity index (χ1n) is 13.0. The maximum Gasteiger partial charge on any atom is 0.186 e. The highest BCUT2D eigenvalue weighted by Crippen LogP contribution is 2.22. The molecular weight excluding hydrogens is 427 g/mol. The smallest absolute Gasteiger partial charge is 0.186 e. The normalized spacial score (nSPS) is 19.2. The van der Waals surface area contributed by atoms with Crippen molar-refractivity contribution in [1.82, 2.24) is 0 Å². The summed E-state index contributed by atoms with van der Waals surface area (Å²) in [5, 5.41) is 9.59. The number of allylic oxidation sites excluding steroid dienone is 1. The van der Waals surface area contributed by atoms with E-state index in [4.69, 9.17) is 11.6 Å². The molecule has 1 heterocycles. The van der Waals surface area contributed by atoms with Crippen LogP contribution >= 0.6 is 11.6 Å². The molecule has 1 aliphatic rings. The fourth-order valence-electron chi connectivity index (χ4n) is 4.62. The number of aliphatic hydroxyl groups is 1. The maximum atomic E-state index is 9.59. The van der Waals surface area contributed by atoms with Gasteiger partial charge in [0.2, 0.25) is 0 Å². The Labute approximate surface area is 204 Å². The van der Waals surface area contributed by atoms with E-state index in [0.717, 1.165) is 55.7 Å². The summed E-state index contributed by atoms with van der Waals surface area (Å²) in [6, 6.07) is 0.355. The van der Waals surface area contributed by atoms with Crippen molar-refractivity contribution >= 4 is 17.9 Å². The molecule has 1 N–H and O–H groups in total. The molecule has 1 rings (SSSR count). The minimum Gasteiger partial charge on any atom is -1.00 e. The number of aliphatic hydroxyl groups excluding tert-OH is 1. The van der Waals surface area contributed by atoms with E-state index in [1.54, 1.807) is 0 Å². The van der Waals surface area contributed by atoms with E-state index < -0.39 is 0 Å². The standard InChI is InChI=1S/C26H50ClN2O.ClH/c1-2-3-4-5-6-7-8-9-10-11-12-13-14-15-18-26(19-24-30)29(22-17-16-20-27)23-21-28-25-29;/h15,18,25-26,30H,2-14,16-17,19-24H2,1H3;1H/q+1;/p-1/b18-15+;. The molecule has 0 radical (unpaired) electrons. The molecule has 2 atom stereocenters. The molecule has 0 aromatic heterocycles. The lowest BCUT2D eigenvalue weighted by molar-refractivity contribution is -0.848. The third-order valence-corrected chi connectivity index (χ3v) is 6.85. The van der Waals surface area contributed by atoms with E-state index in [1.807, 2.05) is 0 Å². The molecule has 2 unspecified atom stereocenters. The molecule has 3 nitrogen and oxygen atoms in total. The first-order valence-corrected chi connectivity index (χ1v) is 13.5. The summed E-state index contributed by atoms with van der Waals surface area (Å²) in [4.78, 5) is 4.54. The Bertz CT molecular complexity index is 445. The second kappa shape index (κ2) is 21.7. The highest BCUT2D eigenvalue weighted by atomic mass is 35.5. The van der Waals surface area contributed by atoms with Gasteiger partial charge in [0.05, 0.1) is 13.1 Å². The topological polar surface area (TPSA) is 32.6 Å². The number of aliphatic imine (C=N–C) groups is 1. The summed E-state index contributed by atoms with van der Waals surface area (Å²) in [5.41, 5.74) is 0. The number of quaternary nitrogens is 1. The average molecular weight is 478 g/mol. The summed E-state index contributed by atoms with van der Waals surface area (Å²) >= 11 is 5.88. The Balaban J connectivity index is 0.00000900. The van der Waals surface area contributed by atoms with Gasteiger partial charge in [-0.15, -0.1) is 11.6 Å². The highest BCUT2D eigenvalue weighted by molar-refractivity contribution is 6.17. The average Bonchev–Trinajstić information content (AvgIpc) is 3.23. The van der Waals surface area contributed by atoms with Gasteiger partial charge in [-0.3, -0.25) is 4.48 Å². The molecule has 5 heteroatoms. The van der Waals surface area contributed by atoms with Gasteiger partial charge in [-0.05, 0) is 31.8 Å². The fourth-order valence-corrected chi connectivity index (χ4v) is 4.81. The Morgan fingerprint density at radius 1 is 0.935 bits per heavy atom. The van der Waals surface area contributed by atoms with Crippen LogP contribution in [0.25, 0.3) is 0 Å². The molecule has 31 heavy (non-hydrogen) atoms. The van der Waals surface area contributed by atoms with Gasteiger partial charge in [-0.25, -0.2) is 4.99 Å². The summed E-state index contributed by atoms with van der Waals surface area (Å²) in [6.45, 7) is 5.60. The first kappa shape index (κ1) is 30.9. The van der Waals surface area contributed by atoms with Gasteiger partial charge in [0.1, 0.15) is 12.6 Å². The molecule has 0 saturated carbocycles. The van der Waals surface area contributed by atoms with Crippen LogP contribution in [0.3, 0.4) is 0 Å². The van der Waals surface area contributed by atoms with Gasteiger partial charge < -0.3 is 17.5 Å². The molecule has 0 aliphatic carbocycles. The number of hydrogen-bond acceptors (Lipinski definition) is 2. The van der Waals surface area contributed by atoms with Crippen LogP contribution in [0.2, 0.25) is 0 Å². The van der Waals surface area contributed by atoms with Crippen LogP contribution < -0.4 is 12.4 Å². The van der Waals surface area contributed by atoms with Crippen molar-refractivity contribution < 1.29 is 22.0 Å². The third kappa shape index (κ3) is 14.6. The van der Waals surface area contributed by atoms with E-state index >= 15 is 0 Å². The van der Waals surface area contributed by atoms with E-state index in [1.165, 1.54) is 77.0 Å². The SMILES string of the molecule is CCCCCCCCCCCCCC/C=C/C(CCO)[N+]1(CCCCCl)C=NCC1.[Cl-]. The molecule has 1 aliphatic heterocycles. The van der Waals surface area contributed by atoms with E-state index in [9.17, 15) is 5.11 Å². The molecule has 0 amide bonds. The lowest BCUT2D eigenvalue weighted by Crippen LogP contribution is -3.00. The van der Waals surface area contributed by atoms with Crippen LogP contribution in [-0.4, -0.2) is 54.1 Å². The Morgan fingerprint density at radius 3 is 2.06 bits per heavy atom. The fraction of sp³-hybridized carbons (Fsp3) is 0.885. The van der Waals surface area contributed by atoms with Gasteiger partial charge >= 0.3 is 0 Å². The van der Waals surface area contributed by atoms with Gasteiger partial charge in [0.25, 0.3) is 0 Å². The van der Waals surface area contributed by atoms with Crippen molar-refractivity contribution in [2.45, 2.75) is 116 Å². The van der Waals surface area contributed by atoms with Gasteiger partial charge in [0.15, 0.2) is 6.34 Å². The van der Waals surface area contributed by atoms with Crippen LogP contribution in [0.1, 0.15) is 110 Å². The van der Waals surface area contributed by atoms with E-state index in [-0.39, 0.29) is 19.0 Å². The molecule has 0 bridgehead atoms. The van der Waals surface area contributed by atoms with Gasteiger partial charge in [-0.2, -0.15) is 0 Å². The molecule has 0 fully saturated rings. The van der Waals surface area contributed by atoms with Crippen molar-refractivity contribution in [2.24, 2.45) is 4.99 Å². The van der Waals surface area contributed by atoms with E-state index in [2.05, 4.69) is 30.4 Å². The molecule has 0 saturated heterocycles. The van der Waals surface area contributed by atoms with Gasteiger partial charge in [0, 0.05) is 18.9 Å². The summed E-state index contributed by atoms with van der Waals surface area (Å²) in [5.74, 6) is 0.733. The van der Waals surface area contributed by atoms with Crippen molar-refractivity contribution in [1.29, 1.82) is 0 Å². The quantitative estimate of drug-likeness (QED) is 0.114. The minimum absolute atomic E-state index is 0. The van der Waals surface area contributed by atoms with E-state index in [0.29, 0.717) is 6.04 Å². The summed E-state index contributed by atoms with van der Waals surface area (Å²) < 4.78 is 0.909. The lowest BCUT2D eigenvalue weighted by Gasteiger charge is -2.37. The first-order chi connectivity index (χ1) is 14.8. The number of alkyl halides is 1. The van der Waals surface area contributed by atoms with Crippen molar-refractivity contribution in [3.8, 4) is 0 Å². The second-order valence-electron chi connectivity index (χ2n) is 9.15. The molecular formula is C26H50Cl2N2O. The predicted molar refractivity (Wildman–Crippen MR) is 134 cm³/mol. The van der Waals surface area contributed by atoms with Crippen LogP contribution in [-0.2, 0) is 0 Å². The maximum absolute atomic E-state index is 9.59. The van der Waals surface area contributed by atoms with Crippen LogP contribution in [0.5, 0.6) is 0 Å². The second-order valence-corrected chi connectivity index (χ2v) is 9.53. The summed E-state index contributed by atoms with van der Waals surface area (Å²) in [6.07, 6.45) is 27.8. The highest BCUT2D eigenvalue weighted by Gasteiger charge is 2.35. The number of rotatable bonds is 21. The molecule has 184 valence electrons.